The zero-order valence-electron chi connectivity index (χ0n) is 13.5. The molecule has 2 fully saturated rings. The predicted octanol–water partition coefficient (Wildman–Crippen LogP) is 3.50. The average molecular weight is 338 g/mol. The Kier molecular flexibility index (Phi) is 5.12. The summed E-state index contributed by atoms with van der Waals surface area (Å²) in [6, 6.07) is 5.32. The van der Waals surface area contributed by atoms with Crippen molar-refractivity contribution in [1.29, 1.82) is 0 Å². The number of hydrogen-bond acceptors (Lipinski definition) is 3. The fourth-order valence-corrected chi connectivity index (χ4v) is 3.43. The average Bonchev–Trinajstić information content (AvgIpc) is 2.50. The van der Waals surface area contributed by atoms with Crippen molar-refractivity contribution in [3.8, 4) is 5.75 Å². The van der Waals surface area contributed by atoms with Crippen molar-refractivity contribution in [3.63, 3.8) is 0 Å². The molecule has 1 aromatic carbocycles. The molecule has 5 heteroatoms. The largest absolute Gasteiger partial charge is 0.490 e. The quantitative estimate of drug-likeness (QED) is 0.914. The molecule has 3 rings (SSSR count). The van der Waals surface area contributed by atoms with E-state index in [0.717, 1.165) is 38.0 Å². The van der Waals surface area contributed by atoms with Crippen LogP contribution in [-0.2, 0) is 0 Å². The van der Waals surface area contributed by atoms with Gasteiger partial charge in [0.2, 0.25) is 0 Å². The highest BCUT2D eigenvalue weighted by atomic mass is 35.5. The molecule has 0 radical (unpaired) electrons. The maximum absolute atomic E-state index is 12.7. The number of carbonyl (C=O) groups excluding carboxylic acids is 1. The lowest BCUT2D eigenvalue weighted by molar-refractivity contribution is 0.0466. The molecule has 23 heavy (non-hydrogen) atoms. The van der Waals surface area contributed by atoms with Crippen LogP contribution >= 0.6 is 11.6 Å². The summed E-state index contributed by atoms with van der Waals surface area (Å²) >= 11 is 6.31. The summed E-state index contributed by atoms with van der Waals surface area (Å²) in [5, 5.41) is 10.2. The van der Waals surface area contributed by atoms with Crippen molar-refractivity contribution in [1.82, 2.24) is 4.90 Å². The van der Waals surface area contributed by atoms with Gasteiger partial charge in [-0.25, -0.2) is 0 Å². The van der Waals surface area contributed by atoms with E-state index in [9.17, 15) is 9.90 Å². The monoisotopic (exact) mass is 337 g/mol. The second-order valence-corrected chi connectivity index (χ2v) is 7.11. The van der Waals surface area contributed by atoms with Gasteiger partial charge in [0.15, 0.2) is 0 Å². The molecule has 1 aromatic rings. The lowest BCUT2D eigenvalue weighted by atomic mass is 9.93. The van der Waals surface area contributed by atoms with Crippen LogP contribution in [0.2, 0.25) is 5.02 Å². The third-order valence-electron chi connectivity index (χ3n) is 4.95. The van der Waals surface area contributed by atoms with Crippen molar-refractivity contribution in [3.05, 3.63) is 28.8 Å². The molecule has 0 spiro atoms. The summed E-state index contributed by atoms with van der Waals surface area (Å²) in [4.78, 5) is 14.5. The lowest BCUT2D eigenvalue weighted by Gasteiger charge is -2.34. The van der Waals surface area contributed by atoms with E-state index >= 15 is 0 Å². The maximum atomic E-state index is 12.7. The van der Waals surface area contributed by atoms with Gasteiger partial charge in [-0.15, -0.1) is 0 Å². The summed E-state index contributed by atoms with van der Waals surface area (Å²) < 4.78 is 5.82. The summed E-state index contributed by atoms with van der Waals surface area (Å²) in [5.74, 6) is 0.819. The van der Waals surface area contributed by atoms with Gasteiger partial charge in [-0.3, -0.25) is 4.79 Å². The lowest BCUT2D eigenvalue weighted by Crippen LogP contribution is -2.43. The first-order chi connectivity index (χ1) is 11.0. The van der Waals surface area contributed by atoms with E-state index in [0.29, 0.717) is 23.2 Å². The number of amides is 1. The van der Waals surface area contributed by atoms with Crippen LogP contribution in [0.25, 0.3) is 0 Å². The molecule has 4 nitrogen and oxygen atoms in total. The normalized spacial score (nSPS) is 23.3. The maximum Gasteiger partial charge on any atom is 0.255 e. The molecule has 126 valence electrons. The highest BCUT2D eigenvalue weighted by Crippen LogP contribution is 2.30. The van der Waals surface area contributed by atoms with Crippen molar-refractivity contribution < 1.29 is 14.6 Å². The summed E-state index contributed by atoms with van der Waals surface area (Å²) in [5.41, 5.74) is 0.513. The van der Waals surface area contributed by atoms with E-state index in [4.69, 9.17) is 16.3 Å². The first-order valence-corrected chi connectivity index (χ1v) is 8.86. The van der Waals surface area contributed by atoms with Gasteiger partial charge in [0, 0.05) is 19.0 Å². The number of likely N-dealkylation sites (tertiary alicyclic amines) is 1. The summed E-state index contributed by atoms with van der Waals surface area (Å²) in [6.45, 7) is 3.10. The van der Waals surface area contributed by atoms with Crippen molar-refractivity contribution in [2.75, 3.05) is 13.1 Å². The Morgan fingerprint density at radius 2 is 2.13 bits per heavy atom. The molecule has 2 aliphatic rings. The smallest absolute Gasteiger partial charge is 0.255 e. The molecule has 2 unspecified atom stereocenters. The van der Waals surface area contributed by atoms with Gasteiger partial charge in [0.25, 0.3) is 5.91 Å². The molecule has 1 saturated heterocycles. The highest BCUT2D eigenvalue weighted by molar-refractivity contribution is 6.34. The van der Waals surface area contributed by atoms with Crippen LogP contribution in [0, 0.1) is 5.92 Å². The Bertz CT molecular complexity index is 571. The SMILES string of the molecule is CC(O)C1CCCN(C(=O)c2ccc(OC3CCC3)cc2Cl)C1. The fraction of sp³-hybridized carbons (Fsp3) is 0.611. The second-order valence-electron chi connectivity index (χ2n) is 6.71. The number of nitrogens with zero attached hydrogens (tertiary/aromatic N) is 1. The third kappa shape index (κ3) is 3.81. The van der Waals surface area contributed by atoms with E-state index in [1.807, 2.05) is 6.07 Å². The van der Waals surface area contributed by atoms with Crippen molar-refractivity contribution >= 4 is 17.5 Å². The zero-order valence-corrected chi connectivity index (χ0v) is 14.3. The Morgan fingerprint density at radius 3 is 2.74 bits per heavy atom. The van der Waals surface area contributed by atoms with Gasteiger partial charge in [-0.05, 0) is 57.2 Å². The van der Waals surface area contributed by atoms with Crippen molar-refractivity contribution in [2.24, 2.45) is 5.92 Å². The van der Waals surface area contributed by atoms with Crippen LogP contribution in [0.15, 0.2) is 18.2 Å². The molecular formula is C18H24ClNO3. The van der Waals surface area contributed by atoms with E-state index < -0.39 is 0 Å². The van der Waals surface area contributed by atoms with Gasteiger partial charge in [0.05, 0.1) is 22.8 Å². The molecule has 1 saturated carbocycles. The van der Waals surface area contributed by atoms with E-state index in [2.05, 4.69) is 0 Å². The minimum atomic E-state index is -0.390. The van der Waals surface area contributed by atoms with Gasteiger partial charge in [0.1, 0.15) is 5.75 Å². The van der Waals surface area contributed by atoms with E-state index in [1.165, 1.54) is 6.42 Å². The Balaban J connectivity index is 1.68. The van der Waals surface area contributed by atoms with Crippen LogP contribution < -0.4 is 4.74 Å². The standard InChI is InChI=1S/C18H24ClNO3/c1-12(21)13-4-3-9-20(11-13)18(22)16-8-7-15(10-17(16)19)23-14-5-2-6-14/h7-8,10,12-14,21H,2-6,9,11H2,1H3. The number of aliphatic hydroxyl groups excluding tert-OH is 1. The first kappa shape index (κ1) is 16.6. The minimum Gasteiger partial charge on any atom is -0.490 e. The Morgan fingerprint density at radius 1 is 1.35 bits per heavy atom. The first-order valence-electron chi connectivity index (χ1n) is 8.48. The molecule has 1 N–H and O–H groups in total. The van der Waals surface area contributed by atoms with Crippen LogP contribution in [0.1, 0.15) is 49.4 Å². The van der Waals surface area contributed by atoms with Crippen LogP contribution in [0.5, 0.6) is 5.75 Å². The number of hydrogen-bond donors (Lipinski definition) is 1. The molecule has 2 atom stereocenters. The third-order valence-corrected chi connectivity index (χ3v) is 5.27. The summed E-state index contributed by atoms with van der Waals surface area (Å²) in [6.07, 6.45) is 5.18. The molecule has 1 aliphatic heterocycles. The molecular weight excluding hydrogens is 314 g/mol. The zero-order chi connectivity index (χ0) is 16.4. The minimum absolute atomic E-state index is 0.0597. The molecule has 1 aliphatic carbocycles. The summed E-state index contributed by atoms with van der Waals surface area (Å²) in [7, 11) is 0. The number of aliphatic hydroxyl groups is 1. The number of piperidine rings is 1. The number of rotatable bonds is 4. The number of ether oxygens (including phenoxy) is 1. The van der Waals surface area contributed by atoms with Crippen LogP contribution in [0.3, 0.4) is 0 Å². The number of benzene rings is 1. The molecule has 0 aromatic heterocycles. The topological polar surface area (TPSA) is 49.8 Å². The highest BCUT2D eigenvalue weighted by Gasteiger charge is 2.28. The van der Waals surface area contributed by atoms with Gasteiger partial charge in [-0.2, -0.15) is 0 Å². The van der Waals surface area contributed by atoms with E-state index in [1.54, 1.807) is 24.0 Å². The van der Waals surface area contributed by atoms with Gasteiger partial charge in [-0.1, -0.05) is 11.6 Å². The predicted molar refractivity (Wildman–Crippen MR) is 90.0 cm³/mol. The number of halogens is 1. The Hall–Kier alpha value is -1.26. The molecule has 1 heterocycles. The van der Waals surface area contributed by atoms with Crippen LogP contribution in [0.4, 0.5) is 0 Å². The molecule has 1 amide bonds. The van der Waals surface area contributed by atoms with Crippen LogP contribution in [-0.4, -0.2) is 41.2 Å². The Labute approximate surface area is 142 Å². The number of carbonyl (C=O) groups is 1. The van der Waals surface area contributed by atoms with Gasteiger partial charge >= 0.3 is 0 Å². The van der Waals surface area contributed by atoms with E-state index in [-0.39, 0.29) is 17.9 Å². The molecule has 0 bridgehead atoms. The second kappa shape index (κ2) is 7.10. The fourth-order valence-electron chi connectivity index (χ4n) is 3.18. The van der Waals surface area contributed by atoms with Crippen molar-refractivity contribution in [2.45, 2.75) is 51.2 Å². The van der Waals surface area contributed by atoms with Gasteiger partial charge < -0.3 is 14.7 Å².